The summed E-state index contributed by atoms with van der Waals surface area (Å²) in [5.74, 6) is -0.305. The van der Waals surface area contributed by atoms with E-state index in [0.717, 1.165) is 5.56 Å². The van der Waals surface area contributed by atoms with Crippen LogP contribution in [0.4, 0.5) is 4.39 Å². The fourth-order valence-electron chi connectivity index (χ4n) is 1.54. The van der Waals surface area contributed by atoms with Crippen molar-refractivity contribution in [2.75, 3.05) is 0 Å². The van der Waals surface area contributed by atoms with E-state index in [4.69, 9.17) is 4.74 Å². The van der Waals surface area contributed by atoms with E-state index in [-0.39, 0.29) is 12.4 Å². The van der Waals surface area contributed by atoms with Crippen molar-refractivity contribution in [2.45, 2.75) is 19.6 Å². The molecule has 2 aromatic rings. The van der Waals surface area contributed by atoms with Crippen molar-refractivity contribution in [1.29, 1.82) is 0 Å². The van der Waals surface area contributed by atoms with Gasteiger partial charge in [0.05, 0.1) is 6.10 Å². The van der Waals surface area contributed by atoms with Gasteiger partial charge in [0.25, 0.3) is 0 Å². The van der Waals surface area contributed by atoms with E-state index >= 15 is 0 Å². The van der Waals surface area contributed by atoms with Crippen LogP contribution in [0.2, 0.25) is 0 Å². The quantitative estimate of drug-likeness (QED) is 0.903. The fourth-order valence-corrected chi connectivity index (χ4v) is 1.54. The summed E-state index contributed by atoms with van der Waals surface area (Å²) < 4.78 is 19.0. The molecule has 0 aliphatic heterocycles. The highest BCUT2D eigenvalue weighted by atomic mass is 19.1. The zero-order valence-electron chi connectivity index (χ0n) is 10.0. The minimum atomic E-state index is -0.688. The second-order valence-electron chi connectivity index (χ2n) is 4.02. The van der Waals surface area contributed by atoms with Crippen molar-refractivity contribution in [3.63, 3.8) is 0 Å². The monoisotopic (exact) mass is 247 g/mol. The Kier molecular flexibility index (Phi) is 3.89. The Morgan fingerprint density at radius 1 is 1.39 bits per heavy atom. The van der Waals surface area contributed by atoms with Crippen molar-refractivity contribution in [1.82, 2.24) is 4.98 Å². The lowest BCUT2D eigenvalue weighted by Crippen LogP contribution is -1.99. The number of aromatic nitrogens is 1. The first kappa shape index (κ1) is 12.5. The van der Waals surface area contributed by atoms with Crippen LogP contribution in [-0.2, 0) is 6.61 Å². The van der Waals surface area contributed by atoms with Gasteiger partial charge in [-0.1, -0.05) is 12.1 Å². The summed E-state index contributed by atoms with van der Waals surface area (Å²) in [4.78, 5) is 3.95. The average molecular weight is 247 g/mol. The summed E-state index contributed by atoms with van der Waals surface area (Å²) in [6, 6.07) is 8.10. The first-order chi connectivity index (χ1) is 8.66. The number of rotatable bonds is 4. The van der Waals surface area contributed by atoms with E-state index in [9.17, 15) is 9.50 Å². The molecule has 0 saturated carbocycles. The number of benzene rings is 1. The van der Waals surface area contributed by atoms with Gasteiger partial charge in [-0.3, -0.25) is 4.98 Å². The summed E-state index contributed by atoms with van der Waals surface area (Å²) in [6.07, 6.45) is 2.65. The van der Waals surface area contributed by atoms with Crippen molar-refractivity contribution in [2.24, 2.45) is 0 Å². The van der Waals surface area contributed by atoms with Crippen molar-refractivity contribution < 1.29 is 14.2 Å². The van der Waals surface area contributed by atoms with Gasteiger partial charge in [0.1, 0.15) is 6.61 Å². The zero-order valence-corrected chi connectivity index (χ0v) is 10.0. The standard InChI is InChI=1S/C14H14FNO2/c1-10(17)12-4-5-14(13(15)7-12)18-9-11-3-2-6-16-8-11/h2-8,10,17H,9H2,1H3. The molecule has 2 rings (SSSR count). The number of ether oxygens (including phenoxy) is 1. The van der Waals surface area contributed by atoms with Crippen molar-refractivity contribution in [3.8, 4) is 5.75 Å². The Labute approximate surface area is 105 Å². The molecule has 0 saturated heterocycles. The van der Waals surface area contributed by atoms with Crippen LogP contribution in [0.25, 0.3) is 0 Å². The van der Waals surface area contributed by atoms with Crippen LogP contribution in [-0.4, -0.2) is 10.1 Å². The Morgan fingerprint density at radius 2 is 2.22 bits per heavy atom. The van der Waals surface area contributed by atoms with Gasteiger partial charge in [0, 0.05) is 18.0 Å². The molecule has 18 heavy (non-hydrogen) atoms. The predicted octanol–water partition coefficient (Wildman–Crippen LogP) is 2.85. The second kappa shape index (κ2) is 5.60. The maximum absolute atomic E-state index is 13.7. The predicted molar refractivity (Wildman–Crippen MR) is 65.6 cm³/mol. The molecule has 0 radical (unpaired) electrons. The van der Waals surface area contributed by atoms with Gasteiger partial charge in [-0.05, 0) is 30.7 Å². The Morgan fingerprint density at radius 3 is 2.83 bits per heavy atom. The molecular formula is C14H14FNO2. The summed E-state index contributed by atoms with van der Waals surface area (Å²) in [5, 5.41) is 9.33. The SMILES string of the molecule is CC(O)c1ccc(OCc2cccnc2)c(F)c1. The third-order valence-electron chi connectivity index (χ3n) is 2.56. The van der Waals surface area contributed by atoms with E-state index in [1.54, 1.807) is 31.5 Å². The maximum atomic E-state index is 13.7. The third-order valence-corrected chi connectivity index (χ3v) is 2.56. The number of hydrogen-bond donors (Lipinski definition) is 1. The number of halogens is 1. The molecule has 1 atom stereocenters. The third kappa shape index (κ3) is 3.05. The molecule has 3 nitrogen and oxygen atoms in total. The summed E-state index contributed by atoms with van der Waals surface area (Å²) in [6.45, 7) is 1.85. The highest BCUT2D eigenvalue weighted by Crippen LogP contribution is 2.22. The molecule has 0 fully saturated rings. The molecule has 0 amide bonds. The lowest BCUT2D eigenvalue weighted by molar-refractivity contribution is 0.198. The van der Waals surface area contributed by atoms with Crippen LogP contribution in [0.1, 0.15) is 24.2 Å². The molecule has 1 unspecified atom stereocenters. The summed E-state index contributed by atoms with van der Waals surface area (Å²) in [7, 11) is 0. The van der Waals surface area contributed by atoms with E-state index < -0.39 is 11.9 Å². The highest BCUT2D eigenvalue weighted by molar-refractivity contribution is 5.30. The number of nitrogens with zero attached hydrogens (tertiary/aromatic N) is 1. The minimum absolute atomic E-state index is 0.170. The van der Waals surface area contributed by atoms with Crippen LogP contribution in [0.3, 0.4) is 0 Å². The van der Waals surface area contributed by atoms with Gasteiger partial charge in [-0.15, -0.1) is 0 Å². The molecule has 94 valence electrons. The first-order valence-corrected chi connectivity index (χ1v) is 5.66. The van der Waals surface area contributed by atoms with Gasteiger partial charge >= 0.3 is 0 Å². The van der Waals surface area contributed by atoms with Crippen LogP contribution in [0.5, 0.6) is 5.75 Å². The van der Waals surface area contributed by atoms with Crippen LogP contribution in [0.15, 0.2) is 42.7 Å². The normalized spacial score (nSPS) is 12.2. The van der Waals surface area contributed by atoms with Gasteiger partial charge in [-0.2, -0.15) is 0 Å². The highest BCUT2D eigenvalue weighted by Gasteiger charge is 2.08. The van der Waals surface area contributed by atoms with Gasteiger partial charge in [0.15, 0.2) is 11.6 Å². The smallest absolute Gasteiger partial charge is 0.165 e. The molecule has 1 aromatic heterocycles. The minimum Gasteiger partial charge on any atom is -0.486 e. The molecule has 0 spiro atoms. The van der Waals surface area contributed by atoms with E-state index in [1.165, 1.54) is 12.1 Å². The van der Waals surface area contributed by atoms with E-state index in [2.05, 4.69) is 4.98 Å². The Balaban J connectivity index is 2.06. The Bertz CT molecular complexity index is 514. The maximum Gasteiger partial charge on any atom is 0.165 e. The molecule has 1 aromatic carbocycles. The van der Waals surface area contributed by atoms with E-state index in [1.807, 2.05) is 6.07 Å². The lowest BCUT2D eigenvalue weighted by Gasteiger charge is -2.09. The fraction of sp³-hybridized carbons (Fsp3) is 0.214. The first-order valence-electron chi connectivity index (χ1n) is 5.66. The van der Waals surface area contributed by atoms with Gasteiger partial charge in [-0.25, -0.2) is 4.39 Å². The number of aliphatic hydroxyl groups excluding tert-OH is 1. The molecule has 1 heterocycles. The second-order valence-corrected chi connectivity index (χ2v) is 4.02. The summed E-state index contributed by atoms with van der Waals surface area (Å²) in [5.41, 5.74) is 1.40. The number of pyridine rings is 1. The Hall–Kier alpha value is -1.94. The van der Waals surface area contributed by atoms with Crippen LogP contribution in [0, 0.1) is 5.82 Å². The largest absolute Gasteiger partial charge is 0.486 e. The average Bonchev–Trinajstić information content (AvgIpc) is 2.38. The number of aliphatic hydroxyl groups is 1. The van der Waals surface area contributed by atoms with Crippen molar-refractivity contribution >= 4 is 0 Å². The molecule has 0 aliphatic carbocycles. The zero-order chi connectivity index (χ0) is 13.0. The number of hydrogen-bond acceptors (Lipinski definition) is 3. The van der Waals surface area contributed by atoms with Crippen LogP contribution < -0.4 is 4.74 Å². The molecular weight excluding hydrogens is 233 g/mol. The van der Waals surface area contributed by atoms with Gasteiger partial charge < -0.3 is 9.84 Å². The molecule has 1 N–H and O–H groups in total. The van der Waals surface area contributed by atoms with Crippen molar-refractivity contribution in [3.05, 3.63) is 59.7 Å². The van der Waals surface area contributed by atoms with Gasteiger partial charge in [0.2, 0.25) is 0 Å². The van der Waals surface area contributed by atoms with E-state index in [0.29, 0.717) is 5.56 Å². The molecule has 0 bridgehead atoms. The summed E-state index contributed by atoms with van der Waals surface area (Å²) >= 11 is 0. The topological polar surface area (TPSA) is 42.4 Å². The molecule has 4 heteroatoms. The molecule has 0 aliphatic rings. The lowest BCUT2D eigenvalue weighted by atomic mass is 10.1. The van der Waals surface area contributed by atoms with Crippen LogP contribution >= 0.6 is 0 Å².